The summed E-state index contributed by atoms with van der Waals surface area (Å²) in [4.78, 5) is 0. The van der Waals surface area contributed by atoms with Crippen LogP contribution in [0.4, 0.5) is 0 Å². The molecule has 0 heterocycles. The fourth-order valence-corrected chi connectivity index (χ4v) is 2.86. The van der Waals surface area contributed by atoms with Crippen LogP contribution in [0.5, 0.6) is 0 Å². The van der Waals surface area contributed by atoms with Crippen molar-refractivity contribution in [1.82, 2.24) is 0 Å². The molecule has 0 spiro atoms. The molecule has 2 aromatic rings. The molecule has 0 bridgehead atoms. The highest BCUT2D eigenvalue weighted by atomic mass is 16.5. The van der Waals surface area contributed by atoms with Gasteiger partial charge in [0, 0.05) is 0 Å². The average Bonchev–Trinajstić information content (AvgIpc) is 2.69. The molecule has 0 amide bonds. The van der Waals surface area contributed by atoms with Crippen molar-refractivity contribution in [3.8, 4) is 0 Å². The zero-order valence-corrected chi connectivity index (χ0v) is 15.6. The zero-order valence-electron chi connectivity index (χ0n) is 15.6. The molecular formula is C24H30O2. The first kappa shape index (κ1) is 20.2. The maximum Gasteiger partial charge on any atom is 0.0720 e. The molecule has 0 fully saturated rings. The first-order valence-electron chi connectivity index (χ1n) is 9.34. The summed E-state index contributed by atoms with van der Waals surface area (Å²) >= 11 is 0. The van der Waals surface area contributed by atoms with Gasteiger partial charge in [0.1, 0.15) is 0 Å². The van der Waals surface area contributed by atoms with E-state index in [1.54, 1.807) is 0 Å². The second-order valence-electron chi connectivity index (χ2n) is 6.46. The molecule has 0 aliphatic heterocycles. The highest BCUT2D eigenvalue weighted by Crippen LogP contribution is 2.17. The zero-order chi connectivity index (χ0) is 18.5. The molecule has 0 radical (unpaired) electrons. The van der Waals surface area contributed by atoms with Crippen LogP contribution in [0.15, 0.2) is 86.0 Å². The Kier molecular flexibility index (Phi) is 9.48. The number of hydrogen-bond acceptors (Lipinski definition) is 2. The van der Waals surface area contributed by atoms with Crippen LogP contribution in [0.2, 0.25) is 0 Å². The topological polar surface area (TPSA) is 18.5 Å². The maximum absolute atomic E-state index is 6.11. The predicted octanol–water partition coefficient (Wildman–Crippen LogP) is 6.09. The standard InChI is InChI=1S/C24H30O2/c1-3-11-23(25-19-21-13-7-5-8-14-21)17-18-24(12-4-2)26-20-22-15-9-6-10-16-22/h3-10,13-16,23-24H,1-2,11-12,17-20H2. The Bertz CT molecular complexity index is 564. The van der Waals surface area contributed by atoms with Crippen molar-refractivity contribution in [3.05, 3.63) is 97.1 Å². The third-order valence-electron chi connectivity index (χ3n) is 4.33. The first-order chi connectivity index (χ1) is 12.8. The van der Waals surface area contributed by atoms with E-state index in [-0.39, 0.29) is 12.2 Å². The maximum atomic E-state index is 6.11. The van der Waals surface area contributed by atoms with Gasteiger partial charge in [-0.1, -0.05) is 72.8 Å². The van der Waals surface area contributed by atoms with Gasteiger partial charge in [-0.3, -0.25) is 0 Å². The molecule has 2 heteroatoms. The van der Waals surface area contributed by atoms with Crippen LogP contribution in [0.3, 0.4) is 0 Å². The van der Waals surface area contributed by atoms with Crippen LogP contribution < -0.4 is 0 Å². The molecule has 0 saturated carbocycles. The van der Waals surface area contributed by atoms with Crippen molar-refractivity contribution < 1.29 is 9.47 Å². The summed E-state index contributed by atoms with van der Waals surface area (Å²) in [6.07, 6.45) is 7.81. The van der Waals surface area contributed by atoms with Gasteiger partial charge < -0.3 is 9.47 Å². The lowest BCUT2D eigenvalue weighted by molar-refractivity contribution is 0.00220. The first-order valence-corrected chi connectivity index (χ1v) is 9.34. The number of rotatable bonds is 13. The SMILES string of the molecule is C=CCC(CCC(CC=C)OCc1ccccc1)OCc1ccccc1. The van der Waals surface area contributed by atoms with Gasteiger partial charge in [-0.25, -0.2) is 0 Å². The predicted molar refractivity (Wildman–Crippen MR) is 109 cm³/mol. The van der Waals surface area contributed by atoms with Gasteiger partial charge in [-0.05, 0) is 36.8 Å². The fourth-order valence-electron chi connectivity index (χ4n) is 2.86. The summed E-state index contributed by atoms with van der Waals surface area (Å²) in [5.41, 5.74) is 2.40. The lowest BCUT2D eigenvalue weighted by Crippen LogP contribution is -2.18. The monoisotopic (exact) mass is 350 g/mol. The van der Waals surface area contributed by atoms with Crippen LogP contribution in [0, 0.1) is 0 Å². The van der Waals surface area contributed by atoms with E-state index in [4.69, 9.17) is 9.47 Å². The van der Waals surface area contributed by atoms with Crippen molar-refractivity contribution in [3.63, 3.8) is 0 Å². The Hall–Kier alpha value is -2.16. The molecule has 0 aromatic heterocycles. The minimum atomic E-state index is 0.167. The molecule has 0 aliphatic rings. The van der Waals surface area contributed by atoms with Crippen LogP contribution in [-0.4, -0.2) is 12.2 Å². The third kappa shape index (κ3) is 7.81. The van der Waals surface area contributed by atoms with Crippen molar-refractivity contribution >= 4 is 0 Å². The van der Waals surface area contributed by atoms with Gasteiger partial charge in [-0.15, -0.1) is 13.2 Å². The molecule has 2 aromatic carbocycles. The van der Waals surface area contributed by atoms with E-state index in [2.05, 4.69) is 37.4 Å². The number of ether oxygens (including phenoxy) is 2. The number of hydrogen-bond donors (Lipinski definition) is 0. The third-order valence-corrected chi connectivity index (χ3v) is 4.33. The van der Waals surface area contributed by atoms with E-state index < -0.39 is 0 Å². The Morgan fingerprint density at radius 1 is 0.654 bits per heavy atom. The molecular weight excluding hydrogens is 320 g/mol. The highest BCUT2D eigenvalue weighted by Gasteiger charge is 2.13. The van der Waals surface area contributed by atoms with E-state index in [1.165, 1.54) is 11.1 Å². The molecule has 138 valence electrons. The van der Waals surface area contributed by atoms with Gasteiger partial charge >= 0.3 is 0 Å². The van der Waals surface area contributed by atoms with E-state index in [0.717, 1.165) is 25.7 Å². The summed E-state index contributed by atoms with van der Waals surface area (Å²) in [5, 5.41) is 0. The lowest BCUT2D eigenvalue weighted by atomic mass is 10.0. The highest BCUT2D eigenvalue weighted by molar-refractivity contribution is 5.14. The van der Waals surface area contributed by atoms with Crippen LogP contribution in [-0.2, 0) is 22.7 Å². The summed E-state index contributed by atoms with van der Waals surface area (Å²) < 4.78 is 12.2. The van der Waals surface area contributed by atoms with Crippen LogP contribution >= 0.6 is 0 Å². The fraction of sp³-hybridized carbons (Fsp3) is 0.333. The molecule has 2 rings (SSSR count). The molecule has 0 N–H and O–H groups in total. The summed E-state index contributed by atoms with van der Waals surface area (Å²) in [6, 6.07) is 20.6. The Balaban J connectivity index is 1.80. The molecule has 2 unspecified atom stereocenters. The minimum Gasteiger partial charge on any atom is -0.373 e. The summed E-state index contributed by atoms with van der Waals surface area (Å²) in [6.45, 7) is 9.01. The Labute approximate surface area is 158 Å². The lowest BCUT2D eigenvalue weighted by Gasteiger charge is -2.21. The molecule has 26 heavy (non-hydrogen) atoms. The number of benzene rings is 2. The molecule has 0 aliphatic carbocycles. The second kappa shape index (κ2) is 12.2. The van der Waals surface area contributed by atoms with E-state index in [9.17, 15) is 0 Å². The Morgan fingerprint density at radius 3 is 1.38 bits per heavy atom. The largest absolute Gasteiger partial charge is 0.373 e. The average molecular weight is 351 g/mol. The smallest absolute Gasteiger partial charge is 0.0720 e. The van der Waals surface area contributed by atoms with Crippen molar-refractivity contribution in [2.24, 2.45) is 0 Å². The molecule has 2 atom stereocenters. The normalized spacial score (nSPS) is 13.1. The van der Waals surface area contributed by atoms with Crippen LogP contribution in [0.1, 0.15) is 36.8 Å². The van der Waals surface area contributed by atoms with Gasteiger partial charge in [0.2, 0.25) is 0 Å². The van der Waals surface area contributed by atoms with Gasteiger partial charge in [0.15, 0.2) is 0 Å². The van der Waals surface area contributed by atoms with E-state index in [0.29, 0.717) is 13.2 Å². The van der Waals surface area contributed by atoms with E-state index in [1.807, 2.05) is 48.6 Å². The molecule has 2 nitrogen and oxygen atoms in total. The van der Waals surface area contributed by atoms with Crippen molar-refractivity contribution in [2.75, 3.05) is 0 Å². The Morgan fingerprint density at radius 2 is 1.04 bits per heavy atom. The van der Waals surface area contributed by atoms with Gasteiger partial charge in [-0.2, -0.15) is 0 Å². The van der Waals surface area contributed by atoms with Crippen molar-refractivity contribution in [2.45, 2.75) is 51.1 Å². The minimum absolute atomic E-state index is 0.167. The van der Waals surface area contributed by atoms with Gasteiger partial charge in [0.25, 0.3) is 0 Å². The van der Waals surface area contributed by atoms with Gasteiger partial charge in [0.05, 0.1) is 25.4 Å². The second-order valence-corrected chi connectivity index (χ2v) is 6.46. The molecule has 0 saturated heterocycles. The van der Waals surface area contributed by atoms with Crippen molar-refractivity contribution in [1.29, 1.82) is 0 Å². The summed E-state index contributed by atoms with van der Waals surface area (Å²) in [5.74, 6) is 0. The summed E-state index contributed by atoms with van der Waals surface area (Å²) in [7, 11) is 0. The quantitative estimate of drug-likeness (QED) is 0.407. The van der Waals surface area contributed by atoms with Crippen LogP contribution in [0.25, 0.3) is 0 Å². The van der Waals surface area contributed by atoms with E-state index >= 15 is 0 Å².